The van der Waals surface area contributed by atoms with Crippen molar-refractivity contribution in [1.82, 2.24) is 15.3 Å². The first kappa shape index (κ1) is 13.3. The summed E-state index contributed by atoms with van der Waals surface area (Å²) < 4.78 is 12.9. The highest BCUT2D eigenvalue weighted by Crippen LogP contribution is 2.26. The summed E-state index contributed by atoms with van der Waals surface area (Å²) in [5.41, 5.74) is 1.88. The summed E-state index contributed by atoms with van der Waals surface area (Å²) in [6.45, 7) is 3.18. The lowest BCUT2D eigenvalue weighted by Crippen LogP contribution is -2.29. The van der Waals surface area contributed by atoms with E-state index in [0.29, 0.717) is 0 Å². The first-order chi connectivity index (χ1) is 9.72. The molecule has 2 N–H and O–H groups in total. The van der Waals surface area contributed by atoms with Gasteiger partial charge in [-0.25, -0.2) is 9.37 Å². The summed E-state index contributed by atoms with van der Waals surface area (Å²) >= 11 is 0. The minimum absolute atomic E-state index is 0.213. The lowest BCUT2D eigenvalue weighted by molar-refractivity contribution is 0.291. The van der Waals surface area contributed by atoms with Crippen LogP contribution in [-0.4, -0.2) is 16.5 Å². The average molecular weight is 273 g/mol. The molecule has 106 valence electrons. The predicted octanol–water partition coefficient (Wildman–Crippen LogP) is 3.67. The number of benzene rings is 1. The molecule has 2 aromatic rings. The monoisotopic (exact) mass is 273 g/mol. The van der Waals surface area contributed by atoms with Gasteiger partial charge < -0.3 is 10.3 Å². The Balaban J connectivity index is 1.64. The van der Waals surface area contributed by atoms with E-state index in [2.05, 4.69) is 22.2 Å². The predicted molar refractivity (Wildman–Crippen MR) is 77.7 cm³/mol. The minimum atomic E-state index is -0.218. The molecule has 0 bridgehead atoms. The molecule has 0 amide bonds. The molecule has 3 rings (SSSR count). The van der Waals surface area contributed by atoms with Crippen LogP contribution in [0.15, 0.2) is 30.5 Å². The van der Waals surface area contributed by atoms with Gasteiger partial charge in [0, 0.05) is 0 Å². The summed E-state index contributed by atoms with van der Waals surface area (Å²) in [6.07, 6.45) is 5.87. The van der Waals surface area contributed by atoms with Crippen LogP contribution >= 0.6 is 0 Å². The molecule has 1 aromatic carbocycles. The van der Waals surface area contributed by atoms with E-state index in [0.717, 1.165) is 29.5 Å². The quantitative estimate of drug-likeness (QED) is 0.872. The largest absolute Gasteiger partial charge is 0.341 e. The molecule has 1 aliphatic rings. The van der Waals surface area contributed by atoms with Crippen LogP contribution in [0, 0.1) is 11.7 Å². The number of halogens is 1. The fourth-order valence-corrected chi connectivity index (χ4v) is 2.47. The number of aromatic nitrogens is 2. The second kappa shape index (κ2) is 5.75. The lowest BCUT2D eigenvalue weighted by Gasteiger charge is -2.26. The molecule has 20 heavy (non-hydrogen) atoms. The topological polar surface area (TPSA) is 40.7 Å². The second-order valence-electron chi connectivity index (χ2n) is 5.62. The zero-order valence-electron chi connectivity index (χ0n) is 11.7. The van der Waals surface area contributed by atoms with E-state index in [-0.39, 0.29) is 11.9 Å². The van der Waals surface area contributed by atoms with Gasteiger partial charge in [0.2, 0.25) is 0 Å². The number of rotatable bonds is 5. The molecule has 3 nitrogen and oxygen atoms in total. The third-order valence-electron chi connectivity index (χ3n) is 4.10. The summed E-state index contributed by atoms with van der Waals surface area (Å²) in [7, 11) is 0. The molecule has 0 saturated heterocycles. The highest BCUT2D eigenvalue weighted by molar-refractivity contribution is 5.58. The van der Waals surface area contributed by atoms with E-state index in [4.69, 9.17) is 0 Å². The molecule has 1 atom stereocenters. The third-order valence-corrected chi connectivity index (χ3v) is 4.10. The van der Waals surface area contributed by atoms with E-state index >= 15 is 0 Å². The van der Waals surface area contributed by atoms with Crippen molar-refractivity contribution in [2.45, 2.75) is 32.2 Å². The number of H-pyrrole nitrogens is 1. The molecule has 1 fully saturated rings. The van der Waals surface area contributed by atoms with Gasteiger partial charge >= 0.3 is 0 Å². The van der Waals surface area contributed by atoms with Crippen LogP contribution in [0.5, 0.6) is 0 Å². The van der Waals surface area contributed by atoms with Crippen LogP contribution in [0.25, 0.3) is 11.3 Å². The Hall–Kier alpha value is -1.68. The minimum Gasteiger partial charge on any atom is -0.341 e. The van der Waals surface area contributed by atoms with E-state index in [1.807, 2.05) is 6.20 Å². The van der Waals surface area contributed by atoms with Crippen LogP contribution in [0.3, 0.4) is 0 Å². The Morgan fingerprint density at radius 1 is 1.35 bits per heavy atom. The molecular formula is C16H20FN3. The molecule has 1 unspecified atom stereocenters. The van der Waals surface area contributed by atoms with Crippen LogP contribution in [0.1, 0.15) is 38.1 Å². The van der Waals surface area contributed by atoms with Gasteiger partial charge in [-0.1, -0.05) is 6.42 Å². The first-order valence-corrected chi connectivity index (χ1v) is 7.26. The third kappa shape index (κ3) is 2.90. The zero-order valence-corrected chi connectivity index (χ0v) is 11.7. The molecule has 1 aromatic heterocycles. The molecule has 1 saturated carbocycles. The Bertz CT molecular complexity index is 557. The molecule has 1 heterocycles. The van der Waals surface area contributed by atoms with E-state index in [1.165, 1.54) is 31.4 Å². The van der Waals surface area contributed by atoms with Crippen LogP contribution in [0.2, 0.25) is 0 Å². The highest BCUT2D eigenvalue weighted by Gasteiger charge is 2.18. The normalized spacial score (nSPS) is 16.9. The van der Waals surface area contributed by atoms with Crippen molar-refractivity contribution in [3.8, 4) is 11.3 Å². The maximum Gasteiger partial charge on any atom is 0.123 e. The standard InChI is InChI=1S/C16H20FN3/c1-11(18-9-12-3-2-4-12)16-19-10-15(20-16)13-5-7-14(17)8-6-13/h5-8,10-12,18H,2-4,9H2,1H3,(H,19,20). The first-order valence-electron chi connectivity index (χ1n) is 7.26. The van der Waals surface area contributed by atoms with E-state index in [1.54, 1.807) is 12.1 Å². The Kier molecular flexibility index (Phi) is 3.83. The summed E-state index contributed by atoms with van der Waals surface area (Å²) in [4.78, 5) is 7.74. The zero-order chi connectivity index (χ0) is 13.9. The van der Waals surface area contributed by atoms with Crippen molar-refractivity contribution in [3.63, 3.8) is 0 Å². The SMILES string of the molecule is CC(NCC1CCC1)c1ncc(-c2ccc(F)cc2)[nH]1. The number of imidazole rings is 1. The number of hydrogen-bond donors (Lipinski definition) is 2. The number of aromatic amines is 1. The number of hydrogen-bond acceptors (Lipinski definition) is 2. The van der Waals surface area contributed by atoms with Gasteiger partial charge in [0.05, 0.1) is 17.9 Å². The Morgan fingerprint density at radius 2 is 2.10 bits per heavy atom. The maximum absolute atomic E-state index is 12.9. The van der Waals surface area contributed by atoms with Crippen molar-refractivity contribution in [3.05, 3.63) is 42.1 Å². The summed E-state index contributed by atoms with van der Waals surface area (Å²) in [5.74, 6) is 1.55. The number of nitrogens with zero attached hydrogens (tertiary/aromatic N) is 1. The average Bonchev–Trinajstić information content (AvgIpc) is 2.87. The summed E-state index contributed by atoms with van der Waals surface area (Å²) in [6, 6.07) is 6.67. The fourth-order valence-electron chi connectivity index (χ4n) is 2.47. The van der Waals surface area contributed by atoms with Gasteiger partial charge in [0.1, 0.15) is 11.6 Å². The van der Waals surface area contributed by atoms with Crippen LogP contribution < -0.4 is 5.32 Å². The van der Waals surface area contributed by atoms with Crippen LogP contribution in [0.4, 0.5) is 4.39 Å². The van der Waals surface area contributed by atoms with Gasteiger partial charge in [-0.3, -0.25) is 0 Å². The van der Waals surface area contributed by atoms with Gasteiger partial charge in [-0.05, 0) is 62.1 Å². The highest BCUT2D eigenvalue weighted by atomic mass is 19.1. The lowest BCUT2D eigenvalue weighted by atomic mass is 9.85. The van der Waals surface area contributed by atoms with Crippen molar-refractivity contribution in [2.24, 2.45) is 5.92 Å². The molecule has 1 aliphatic carbocycles. The Morgan fingerprint density at radius 3 is 2.75 bits per heavy atom. The molecule has 0 spiro atoms. The molecular weight excluding hydrogens is 253 g/mol. The van der Waals surface area contributed by atoms with Gasteiger partial charge in [-0.2, -0.15) is 0 Å². The van der Waals surface area contributed by atoms with Gasteiger partial charge in [-0.15, -0.1) is 0 Å². The second-order valence-corrected chi connectivity index (χ2v) is 5.62. The summed E-state index contributed by atoms with van der Waals surface area (Å²) in [5, 5.41) is 3.52. The number of nitrogens with one attached hydrogen (secondary N) is 2. The fraction of sp³-hybridized carbons (Fsp3) is 0.438. The van der Waals surface area contributed by atoms with Gasteiger partial charge in [0.15, 0.2) is 0 Å². The van der Waals surface area contributed by atoms with E-state index in [9.17, 15) is 4.39 Å². The van der Waals surface area contributed by atoms with Gasteiger partial charge in [0.25, 0.3) is 0 Å². The van der Waals surface area contributed by atoms with Crippen molar-refractivity contribution in [1.29, 1.82) is 0 Å². The van der Waals surface area contributed by atoms with E-state index < -0.39 is 0 Å². The maximum atomic E-state index is 12.9. The molecule has 0 radical (unpaired) electrons. The molecule has 0 aliphatic heterocycles. The Labute approximate surface area is 118 Å². The smallest absolute Gasteiger partial charge is 0.123 e. The van der Waals surface area contributed by atoms with Crippen molar-refractivity contribution < 1.29 is 4.39 Å². The van der Waals surface area contributed by atoms with Crippen LogP contribution in [-0.2, 0) is 0 Å². The van der Waals surface area contributed by atoms with Crippen molar-refractivity contribution >= 4 is 0 Å². The van der Waals surface area contributed by atoms with Crippen molar-refractivity contribution in [2.75, 3.05) is 6.54 Å². The molecule has 4 heteroatoms.